The molecule has 1 amide bonds. The molecule has 9 nitrogen and oxygen atoms in total. The van der Waals surface area contributed by atoms with Crippen molar-refractivity contribution in [3.05, 3.63) is 44.5 Å². The summed E-state index contributed by atoms with van der Waals surface area (Å²) in [7, 11) is 1.92. The highest BCUT2D eigenvalue weighted by Crippen LogP contribution is 2.29. The predicted molar refractivity (Wildman–Crippen MR) is 119 cm³/mol. The molecule has 0 radical (unpaired) electrons. The van der Waals surface area contributed by atoms with Crippen molar-refractivity contribution in [1.82, 2.24) is 9.55 Å². The molecule has 2 aromatic rings. The minimum atomic E-state index is -0.602. The van der Waals surface area contributed by atoms with E-state index in [4.69, 9.17) is 10.2 Å². The van der Waals surface area contributed by atoms with Crippen molar-refractivity contribution in [2.75, 3.05) is 24.2 Å². The van der Waals surface area contributed by atoms with Crippen molar-refractivity contribution in [2.45, 2.75) is 71.5 Å². The summed E-state index contributed by atoms with van der Waals surface area (Å²) >= 11 is 0. The monoisotopic (exact) mass is 432 g/mol. The maximum absolute atomic E-state index is 13.4. The summed E-state index contributed by atoms with van der Waals surface area (Å²) in [4.78, 5) is 43.4. The minimum absolute atomic E-state index is 0.0711. The lowest BCUT2D eigenvalue weighted by molar-refractivity contribution is -0.886. The number of nitrogens with zero attached hydrogens (tertiary/aromatic N) is 2. The van der Waals surface area contributed by atoms with Crippen molar-refractivity contribution in [2.24, 2.45) is 0 Å². The third kappa shape index (κ3) is 5.28. The van der Waals surface area contributed by atoms with E-state index in [0.29, 0.717) is 13.1 Å². The molecule has 0 aromatic carbocycles. The molecule has 1 fully saturated rings. The number of H-pyrrole nitrogens is 1. The Labute approximate surface area is 181 Å². The fourth-order valence-corrected chi connectivity index (χ4v) is 4.31. The van der Waals surface area contributed by atoms with Crippen LogP contribution in [0.25, 0.3) is 0 Å². The minimum Gasteiger partial charge on any atom is -0.460 e. The molecule has 1 atom stereocenters. The Hall–Kier alpha value is -2.81. The van der Waals surface area contributed by atoms with Gasteiger partial charge in [-0.25, -0.2) is 4.79 Å². The van der Waals surface area contributed by atoms with Crippen LogP contribution in [-0.2, 0) is 17.9 Å². The Bertz CT molecular complexity index is 1020. The first-order valence-corrected chi connectivity index (χ1v) is 11.1. The molecular weight excluding hydrogens is 398 g/mol. The molecule has 0 spiro atoms. The van der Waals surface area contributed by atoms with E-state index < -0.39 is 11.2 Å². The number of unbranched alkanes of at least 4 members (excludes halogenated alkanes) is 1. The van der Waals surface area contributed by atoms with Crippen LogP contribution in [0.5, 0.6) is 0 Å². The van der Waals surface area contributed by atoms with Gasteiger partial charge >= 0.3 is 5.69 Å². The van der Waals surface area contributed by atoms with E-state index in [9.17, 15) is 14.4 Å². The number of anilines is 2. The molecule has 9 heteroatoms. The molecule has 0 aliphatic heterocycles. The summed E-state index contributed by atoms with van der Waals surface area (Å²) in [6, 6.07) is 3.71. The van der Waals surface area contributed by atoms with Gasteiger partial charge in [0.2, 0.25) is 0 Å². The molecule has 1 unspecified atom stereocenters. The molecule has 0 bridgehead atoms. The Balaban J connectivity index is 1.91. The standard InChI is InChI=1S/C22H33N5O4/c1-4-5-12-26-20(23)19(21(29)24-22(26)30)27(16-8-6-7-9-16)18(28)14-25(3)13-17-11-10-15(2)31-17/h10-11,16H,4-9,12-14,23H2,1-3H3,(H,24,29,30)/p+1. The van der Waals surface area contributed by atoms with Gasteiger partial charge in [-0.3, -0.25) is 24.0 Å². The number of aryl methyl sites for hydroxylation is 1. The van der Waals surface area contributed by atoms with Crippen molar-refractivity contribution in [1.29, 1.82) is 0 Å². The second-order valence-corrected chi connectivity index (χ2v) is 8.52. The van der Waals surface area contributed by atoms with Gasteiger partial charge in [0.25, 0.3) is 11.5 Å². The summed E-state index contributed by atoms with van der Waals surface area (Å²) in [5.41, 5.74) is 5.29. The zero-order valence-corrected chi connectivity index (χ0v) is 18.7. The number of likely N-dealkylation sites (N-methyl/N-ethyl adjacent to an activating group) is 1. The topological polar surface area (TPSA) is 119 Å². The number of hydrogen-bond donors (Lipinski definition) is 3. The average molecular weight is 433 g/mol. The number of nitrogen functional groups attached to an aromatic ring is 1. The normalized spacial score (nSPS) is 15.3. The van der Waals surface area contributed by atoms with Gasteiger partial charge in [-0.05, 0) is 38.3 Å². The number of carbonyl (C=O) groups is 1. The van der Waals surface area contributed by atoms with Gasteiger partial charge in [0.05, 0.1) is 7.05 Å². The molecule has 31 heavy (non-hydrogen) atoms. The van der Waals surface area contributed by atoms with Gasteiger partial charge in [-0.1, -0.05) is 26.2 Å². The number of furan rings is 1. The van der Waals surface area contributed by atoms with Crippen molar-refractivity contribution in [3.63, 3.8) is 0 Å². The number of nitrogens with one attached hydrogen (secondary N) is 2. The van der Waals surface area contributed by atoms with Crippen LogP contribution >= 0.6 is 0 Å². The number of nitrogens with two attached hydrogens (primary N) is 1. The van der Waals surface area contributed by atoms with Crippen molar-refractivity contribution >= 4 is 17.4 Å². The highest BCUT2D eigenvalue weighted by Gasteiger charge is 2.34. The number of amides is 1. The van der Waals surface area contributed by atoms with Crippen molar-refractivity contribution < 1.29 is 14.1 Å². The van der Waals surface area contributed by atoms with Crippen LogP contribution in [0.4, 0.5) is 11.5 Å². The number of hydrogen-bond acceptors (Lipinski definition) is 5. The first-order valence-electron chi connectivity index (χ1n) is 11.1. The number of aromatic amines is 1. The highest BCUT2D eigenvalue weighted by molar-refractivity contribution is 5.96. The lowest BCUT2D eigenvalue weighted by Crippen LogP contribution is -3.09. The van der Waals surface area contributed by atoms with Crippen LogP contribution < -0.4 is 26.8 Å². The van der Waals surface area contributed by atoms with Gasteiger partial charge in [0.15, 0.2) is 18.0 Å². The van der Waals surface area contributed by atoms with E-state index in [1.807, 2.05) is 33.0 Å². The van der Waals surface area contributed by atoms with E-state index in [1.165, 1.54) is 4.57 Å². The Kier molecular flexibility index (Phi) is 7.37. The zero-order chi connectivity index (χ0) is 22.5. The van der Waals surface area contributed by atoms with E-state index in [1.54, 1.807) is 4.90 Å². The van der Waals surface area contributed by atoms with Gasteiger partial charge in [0.1, 0.15) is 18.1 Å². The fraction of sp³-hybridized carbons (Fsp3) is 0.591. The third-order valence-corrected chi connectivity index (χ3v) is 5.87. The number of quaternary nitrogens is 1. The Morgan fingerprint density at radius 3 is 2.65 bits per heavy atom. The van der Waals surface area contributed by atoms with Gasteiger partial charge in [-0.15, -0.1) is 0 Å². The van der Waals surface area contributed by atoms with Gasteiger partial charge in [0, 0.05) is 12.6 Å². The molecule has 2 heterocycles. The first kappa shape index (κ1) is 22.9. The molecule has 3 rings (SSSR count). The van der Waals surface area contributed by atoms with Gasteiger partial charge < -0.3 is 15.1 Å². The smallest absolute Gasteiger partial charge is 0.330 e. The fourth-order valence-electron chi connectivity index (χ4n) is 4.31. The van der Waals surface area contributed by atoms with E-state index in [0.717, 1.165) is 54.9 Å². The van der Waals surface area contributed by atoms with Crippen LogP contribution in [0.3, 0.4) is 0 Å². The van der Waals surface area contributed by atoms with Crippen LogP contribution in [0.15, 0.2) is 26.1 Å². The second-order valence-electron chi connectivity index (χ2n) is 8.52. The molecule has 0 saturated heterocycles. The lowest BCUT2D eigenvalue weighted by Gasteiger charge is -2.30. The Morgan fingerprint density at radius 1 is 1.32 bits per heavy atom. The summed E-state index contributed by atoms with van der Waals surface area (Å²) in [5.74, 6) is 1.53. The maximum atomic E-state index is 13.4. The number of aromatic nitrogens is 2. The quantitative estimate of drug-likeness (QED) is 0.542. The zero-order valence-electron chi connectivity index (χ0n) is 18.7. The number of carbonyl (C=O) groups excluding carboxylic acids is 1. The third-order valence-electron chi connectivity index (χ3n) is 5.87. The number of rotatable bonds is 9. The molecule has 1 aliphatic rings. The highest BCUT2D eigenvalue weighted by atomic mass is 16.3. The van der Waals surface area contributed by atoms with Crippen LogP contribution in [-0.4, -0.2) is 35.1 Å². The first-order chi connectivity index (χ1) is 14.8. The van der Waals surface area contributed by atoms with Crippen LogP contribution in [0, 0.1) is 6.92 Å². The summed E-state index contributed by atoms with van der Waals surface area (Å²) in [6.07, 6.45) is 5.25. The summed E-state index contributed by atoms with van der Waals surface area (Å²) < 4.78 is 7.00. The molecule has 170 valence electrons. The van der Waals surface area contributed by atoms with E-state index in [2.05, 4.69) is 4.98 Å². The van der Waals surface area contributed by atoms with Gasteiger partial charge in [-0.2, -0.15) is 0 Å². The Morgan fingerprint density at radius 2 is 2.03 bits per heavy atom. The van der Waals surface area contributed by atoms with Crippen LogP contribution in [0.2, 0.25) is 0 Å². The molecule has 1 saturated carbocycles. The summed E-state index contributed by atoms with van der Waals surface area (Å²) in [5, 5.41) is 0. The second kappa shape index (κ2) is 10.00. The average Bonchev–Trinajstić information content (AvgIpc) is 3.36. The largest absolute Gasteiger partial charge is 0.460 e. The summed E-state index contributed by atoms with van der Waals surface area (Å²) in [6.45, 7) is 5.04. The molecule has 4 N–H and O–H groups in total. The molecular formula is C22H34N5O4+. The van der Waals surface area contributed by atoms with Crippen LogP contribution in [0.1, 0.15) is 57.0 Å². The molecule has 1 aliphatic carbocycles. The molecule has 2 aromatic heterocycles. The van der Waals surface area contributed by atoms with E-state index >= 15 is 0 Å². The van der Waals surface area contributed by atoms with Crippen molar-refractivity contribution in [3.8, 4) is 0 Å². The predicted octanol–water partition coefficient (Wildman–Crippen LogP) is 0.811. The SMILES string of the molecule is CCCCn1c(N)c(N(C(=O)C[NH+](C)Cc2ccc(C)o2)C2CCCC2)c(=O)[nH]c1=O. The van der Waals surface area contributed by atoms with E-state index in [-0.39, 0.29) is 30.0 Å². The maximum Gasteiger partial charge on any atom is 0.330 e. The lowest BCUT2D eigenvalue weighted by atomic mass is 10.1.